The molecule has 0 aliphatic rings. The first-order valence-corrected chi connectivity index (χ1v) is 11.1. The number of aromatic nitrogens is 1. The molecular formula is C18H18FN2O5PS. The van der Waals surface area contributed by atoms with Gasteiger partial charge in [-0.25, -0.2) is 9.37 Å². The van der Waals surface area contributed by atoms with E-state index in [9.17, 15) is 19.1 Å². The Morgan fingerprint density at radius 1 is 1.18 bits per heavy atom. The van der Waals surface area contributed by atoms with Gasteiger partial charge in [0.15, 0.2) is 0 Å². The van der Waals surface area contributed by atoms with E-state index in [-0.39, 0.29) is 25.1 Å². The molecule has 7 nitrogen and oxygen atoms in total. The molecule has 1 aromatic heterocycles. The lowest BCUT2D eigenvalue weighted by molar-refractivity contribution is -0.384. The largest absolute Gasteiger partial charge is 0.335 e. The standard InChI is InChI=1S/C18H18FN2O5PS/c1-3-25-27(24,26-4-2)11-12-5-7-14(16(9-12)21(22)23)18-20-15-10-13(19)6-8-17(15)28-18/h5-10H,3-4,11H2,1-2H3. The first kappa shape index (κ1) is 20.5. The normalized spacial score (nSPS) is 11.8. The van der Waals surface area contributed by atoms with Gasteiger partial charge >= 0.3 is 7.60 Å². The smallest absolute Gasteiger partial charge is 0.309 e. The third-order valence-electron chi connectivity index (χ3n) is 3.87. The van der Waals surface area contributed by atoms with Gasteiger partial charge in [-0.3, -0.25) is 14.7 Å². The van der Waals surface area contributed by atoms with Crippen molar-refractivity contribution in [3.05, 3.63) is 57.9 Å². The van der Waals surface area contributed by atoms with Crippen LogP contribution in [0, 0.1) is 15.9 Å². The van der Waals surface area contributed by atoms with E-state index in [1.165, 1.54) is 29.5 Å². The van der Waals surface area contributed by atoms with Gasteiger partial charge in [0.05, 0.1) is 40.1 Å². The fourth-order valence-electron chi connectivity index (χ4n) is 2.77. The van der Waals surface area contributed by atoms with Crippen LogP contribution >= 0.6 is 18.9 Å². The molecule has 0 amide bonds. The number of benzene rings is 2. The molecular weight excluding hydrogens is 406 g/mol. The molecule has 0 aliphatic carbocycles. The number of nitro groups is 1. The van der Waals surface area contributed by atoms with E-state index in [0.29, 0.717) is 21.7 Å². The first-order chi connectivity index (χ1) is 13.3. The minimum absolute atomic E-state index is 0.0686. The highest BCUT2D eigenvalue weighted by molar-refractivity contribution is 7.53. The van der Waals surface area contributed by atoms with Crippen LogP contribution in [0.1, 0.15) is 19.4 Å². The van der Waals surface area contributed by atoms with Gasteiger partial charge in [0.2, 0.25) is 0 Å². The van der Waals surface area contributed by atoms with Crippen LogP contribution in [-0.2, 0) is 19.8 Å². The SMILES string of the molecule is CCOP(=O)(Cc1ccc(-c2nc3cc(F)ccc3s2)c([N+](=O)[O-])c1)OCC. The molecule has 28 heavy (non-hydrogen) atoms. The number of fused-ring (bicyclic) bond motifs is 1. The Bertz CT molecular complexity index is 1060. The topological polar surface area (TPSA) is 91.6 Å². The van der Waals surface area contributed by atoms with Crippen LogP contribution in [0.4, 0.5) is 10.1 Å². The average Bonchev–Trinajstić information content (AvgIpc) is 3.04. The monoisotopic (exact) mass is 424 g/mol. The molecule has 3 aromatic rings. The number of rotatable bonds is 8. The summed E-state index contributed by atoms with van der Waals surface area (Å²) < 4.78 is 37.4. The van der Waals surface area contributed by atoms with Crippen molar-refractivity contribution < 1.29 is 22.9 Å². The van der Waals surface area contributed by atoms with E-state index in [4.69, 9.17) is 9.05 Å². The average molecular weight is 424 g/mol. The lowest BCUT2D eigenvalue weighted by atomic mass is 10.1. The fourth-order valence-corrected chi connectivity index (χ4v) is 5.44. The fraction of sp³-hybridized carbons (Fsp3) is 0.278. The summed E-state index contributed by atoms with van der Waals surface area (Å²) in [6.45, 7) is 3.82. The number of hydrogen-bond acceptors (Lipinski definition) is 7. The van der Waals surface area contributed by atoms with Crippen molar-refractivity contribution in [1.82, 2.24) is 4.98 Å². The van der Waals surface area contributed by atoms with Crippen LogP contribution in [0.3, 0.4) is 0 Å². The van der Waals surface area contributed by atoms with Gasteiger partial charge in [-0.05, 0) is 37.6 Å². The van der Waals surface area contributed by atoms with Gasteiger partial charge in [0.25, 0.3) is 5.69 Å². The second-order valence-electron chi connectivity index (χ2n) is 5.84. The van der Waals surface area contributed by atoms with E-state index in [2.05, 4.69) is 4.98 Å². The minimum Gasteiger partial charge on any atom is -0.309 e. The highest BCUT2D eigenvalue weighted by atomic mass is 32.1. The zero-order chi connectivity index (χ0) is 20.3. The highest BCUT2D eigenvalue weighted by Gasteiger charge is 2.27. The van der Waals surface area contributed by atoms with Crippen molar-refractivity contribution >= 4 is 34.8 Å². The number of thiazole rings is 1. The van der Waals surface area contributed by atoms with Crippen LogP contribution in [0.25, 0.3) is 20.8 Å². The Morgan fingerprint density at radius 2 is 1.89 bits per heavy atom. The number of nitrogens with zero attached hydrogens (tertiary/aromatic N) is 2. The summed E-state index contributed by atoms with van der Waals surface area (Å²) in [5.74, 6) is -0.420. The van der Waals surface area contributed by atoms with Gasteiger partial charge in [-0.2, -0.15) is 0 Å². The molecule has 0 spiro atoms. The van der Waals surface area contributed by atoms with Gasteiger partial charge in [-0.1, -0.05) is 6.07 Å². The van der Waals surface area contributed by atoms with Gasteiger partial charge in [0, 0.05) is 12.1 Å². The van der Waals surface area contributed by atoms with E-state index in [0.717, 1.165) is 4.70 Å². The predicted octanol–water partition coefficient (Wildman–Crippen LogP) is 5.78. The van der Waals surface area contributed by atoms with E-state index in [1.807, 2.05) is 0 Å². The maximum Gasteiger partial charge on any atom is 0.335 e. The molecule has 0 fully saturated rings. The van der Waals surface area contributed by atoms with Crippen molar-refractivity contribution in [1.29, 1.82) is 0 Å². The predicted molar refractivity (Wildman–Crippen MR) is 106 cm³/mol. The van der Waals surface area contributed by atoms with Crippen LogP contribution in [0.2, 0.25) is 0 Å². The molecule has 0 saturated carbocycles. The summed E-state index contributed by atoms with van der Waals surface area (Å²) in [7, 11) is -3.38. The van der Waals surface area contributed by atoms with Crippen molar-refractivity contribution in [2.45, 2.75) is 20.0 Å². The molecule has 0 atom stereocenters. The quantitative estimate of drug-likeness (QED) is 0.259. The van der Waals surface area contributed by atoms with Crippen molar-refractivity contribution in [2.75, 3.05) is 13.2 Å². The first-order valence-electron chi connectivity index (χ1n) is 8.57. The number of halogens is 1. The minimum atomic E-state index is -3.38. The molecule has 0 bridgehead atoms. The van der Waals surface area contributed by atoms with Crippen LogP contribution in [0.5, 0.6) is 0 Å². The Labute approximate surface area is 164 Å². The third-order valence-corrected chi connectivity index (χ3v) is 6.99. The summed E-state index contributed by atoms with van der Waals surface area (Å²) in [6.07, 6.45) is -0.0686. The third kappa shape index (κ3) is 4.44. The number of hydrogen-bond donors (Lipinski definition) is 0. The van der Waals surface area contributed by atoms with Crippen molar-refractivity contribution in [3.8, 4) is 10.6 Å². The molecule has 1 heterocycles. The Morgan fingerprint density at radius 3 is 2.54 bits per heavy atom. The molecule has 0 saturated heterocycles. The Hall–Kier alpha value is -2.19. The maximum absolute atomic E-state index is 13.4. The summed E-state index contributed by atoms with van der Waals surface area (Å²) in [6, 6.07) is 8.75. The zero-order valence-corrected chi connectivity index (χ0v) is 17.0. The molecule has 10 heteroatoms. The van der Waals surface area contributed by atoms with Gasteiger partial charge in [-0.15, -0.1) is 11.3 Å². The molecule has 0 radical (unpaired) electrons. The van der Waals surface area contributed by atoms with E-state index >= 15 is 0 Å². The summed E-state index contributed by atoms with van der Waals surface area (Å²) in [4.78, 5) is 15.4. The molecule has 3 rings (SSSR count). The zero-order valence-electron chi connectivity index (χ0n) is 15.3. The second kappa shape index (κ2) is 8.45. The van der Waals surface area contributed by atoms with E-state index < -0.39 is 18.3 Å². The van der Waals surface area contributed by atoms with Crippen LogP contribution in [-0.4, -0.2) is 23.1 Å². The molecule has 0 N–H and O–H groups in total. The Balaban J connectivity index is 2.01. The van der Waals surface area contributed by atoms with Crippen LogP contribution < -0.4 is 0 Å². The van der Waals surface area contributed by atoms with Gasteiger partial charge in [0.1, 0.15) is 10.8 Å². The molecule has 0 aliphatic heterocycles. The summed E-state index contributed by atoms with van der Waals surface area (Å²) in [5, 5.41) is 12.0. The Kier molecular flexibility index (Phi) is 6.20. The molecule has 0 unspecified atom stereocenters. The van der Waals surface area contributed by atoms with Gasteiger partial charge < -0.3 is 9.05 Å². The van der Waals surface area contributed by atoms with Crippen LogP contribution in [0.15, 0.2) is 36.4 Å². The summed E-state index contributed by atoms with van der Waals surface area (Å²) in [5.41, 5.74) is 1.05. The van der Waals surface area contributed by atoms with E-state index in [1.54, 1.807) is 32.0 Å². The number of nitro benzene ring substituents is 1. The lowest BCUT2D eigenvalue weighted by Gasteiger charge is -2.17. The molecule has 148 valence electrons. The van der Waals surface area contributed by atoms with Crippen molar-refractivity contribution in [2.24, 2.45) is 0 Å². The summed E-state index contributed by atoms with van der Waals surface area (Å²) >= 11 is 1.24. The highest BCUT2D eigenvalue weighted by Crippen LogP contribution is 2.51. The lowest BCUT2D eigenvalue weighted by Crippen LogP contribution is -2.00. The second-order valence-corrected chi connectivity index (χ2v) is 8.93. The molecule has 2 aromatic carbocycles. The maximum atomic E-state index is 13.4. The van der Waals surface area contributed by atoms with Crippen molar-refractivity contribution in [3.63, 3.8) is 0 Å².